The van der Waals surface area contributed by atoms with Crippen LogP contribution >= 0.6 is 0 Å². The molecular formula is C12H15N. The molecule has 0 aliphatic heterocycles. The summed E-state index contributed by atoms with van der Waals surface area (Å²) in [6.45, 7) is 12.9. The molecule has 0 unspecified atom stereocenters. The highest BCUT2D eigenvalue weighted by molar-refractivity contribution is 5.72. The van der Waals surface area contributed by atoms with E-state index in [9.17, 15) is 0 Å². The highest BCUT2D eigenvalue weighted by Crippen LogP contribution is 2.09. The van der Waals surface area contributed by atoms with Crippen LogP contribution in [-0.4, -0.2) is 6.21 Å². The molecule has 0 amide bonds. The smallest absolute Gasteiger partial charge is 0.0695 e. The Balaban J connectivity index is 5.03. The van der Waals surface area contributed by atoms with Gasteiger partial charge in [0.05, 0.1) is 5.70 Å². The van der Waals surface area contributed by atoms with E-state index in [1.54, 1.807) is 24.4 Å². The van der Waals surface area contributed by atoms with Gasteiger partial charge >= 0.3 is 0 Å². The molecule has 68 valence electrons. The lowest BCUT2D eigenvalue weighted by atomic mass is 10.2. The highest BCUT2D eigenvalue weighted by atomic mass is 14.7. The molecule has 0 fully saturated rings. The van der Waals surface area contributed by atoms with Crippen LogP contribution in [0.5, 0.6) is 0 Å². The van der Waals surface area contributed by atoms with E-state index >= 15 is 0 Å². The second-order valence-corrected chi connectivity index (χ2v) is 2.26. The molecule has 0 heterocycles. The van der Waals surface area contributed by atoms with Crippen LogP contribution in [0.15, 0.2) is 66.4 Å². The molecule has 0 aliphatic carbocycles. The van der Waals surface area contributed by atoms with Crippen LogP contribution in [0.25, 0.3) is 0 Å². The Kier molecular flexibility index (Phi) is 6.16. The van der Waals surface area contributed by atoms with Crippen molar-refractivity contribution in [3.05, 3.63) is 61.4 Å². The van der Waals surface area contributed by atoms with Crippen molar-refractivity contribution in [1.29, 1.82) is 0 Å². The lowest BCUT2D eigenvalue weighted by Crippen LogP contribution is -1.80. The van der Waals surface area contributed by atoms with E-state index in [2.05, 4.69) is 24.7 Å². The van der Waals surface area contributed by atoms with E-state index in [0.29, 0.717) is 0 Å². The molecule has 0 atom stereocenters. The molecule has 0 radical (unpaired) electrons. The van der Waals surface area contributed by atoms with Gasteiger partial charge in [-0.2, -0.15) is 0 Å². The molecule has 1 heteroatoms. The number of aliphatic imine (C=N–C) groups is 1. The molecular weight excluding hydrogens is 158 g/mol. The normalized spacial score (nSPS) is 13.0. The summed E-state index contributed by atoms with van der Waals surface area (Å²) in [7, 11) is 0. The van der Waals surface area contributed by atoms with E-state index in [4.69, 9.17) is 0 Å². The Morgan fingerprint density at radius 2 is 1.85 bits per heavy atom. The molecule has 0 N–H and O–H groups in total. The van der Waals surface area contributed by atoms with Gasteiger partial charge in [-0.3, -0.25) is 4.99 Å². The van der Waals surface area contributed by atoms with Crippen LogP contribution in [0.1, 0.15) is 6.92 Å². The molecule has 0 aromatic carbocycles. The number of hydrogen-bond acceptors (Lipinski definition) is 1. The first-order valence-electron chi connectivity index (χ1n) is 4.07. The van der Waals surface area contributed by atoms with Crippen molar-refractivity contribution < 1.29 is 0 Å². The Morgan fingerprint density at radius 3 is 2.23 bits per heavy atom. The minimum absolute atomic E-state index is 0.799. The summed E-state index contributed by atoms with van der Waals surface area (Å²) in [5.74, 6) is 0. The van der Waals surface area contributed by atoms with Crippen LogP contribution in [0.4, 0.5) is 0 Å². The zero-order chi connectivity index (χ0) is 10.1. The summed E-state index contributed by atoms with van der Waals surface area (Å²) in [6.07, 6.45) is 10.6. The molecule has 0 rings (SSSR count). The summed E-state index contributed by atoms with van der Waals surface area (Å²) in [5.41, 5.74) is 1.75. The molecule has 0 aromatic heterocycles. The topological polar surface area (TPSA) is 12.4 Å². The van der Waals surface area contributed by atoms with Crippen LogP contribution in [0, 0.1) is 0 Å². The monoisotopic (exact) mass is 173 g/mol. The summed E-state index contributed by atoms with van der Waals surface area (Å²) in [6, 6.07) is 0. The third-order valence-electron chi connectivity index (χ3n) is 1.37. The Labute approximate surface area is 80.2 Å². The first-order chi connectivity index (χ1) is 6.29. The maximum absolute atomic E-state index is 4.15. The second kappa shape index (κ2) is 7.04. The highest BCUT2D eigenvalue weighted by Gasteiger charge is 1.92. The molecule has 0 saturated carbocycles. The van der Waals surface area contributed by atoms with Crippen molar-refractivity contribution in [2.75, 3.05) is 0 Å². The molecule has 13 heavy (non-hydrogen) atoms. The fraction of sp³-hybridized carbons (Fsp3) is 0.0833. The van der Waals surface area contributed by atoms with E-state index in [1.807, 2.05) is 19.1 Å². The van der Waals surface area contributed by atoms with Crippen LogP contribution < -0.4 is 0 Å². The third kappa shape index (κ3) is 4.06. The van der Waals surface area contributed by atoms with Gasteiger partial charge in [0.15, 0.2) is 0 Å². The first-order valence-corrected chi connectivity index (χ1v) is 4.07. The average molecular weight is 173 g/mol. The molecule has 0 saturated heterocycles. The predicted octanol–water partition coefficient (Wildman–Crippen LogP) is 3.45. The fourth-order valence-corrected chi connectivity index (χ4v) is 0.816. The average Bonchev–Trinajstić information content (AvgIpc) is 2.17. The third-order valence-corrected chi connectivity index (χ3v) is 1.37. The summed E-state index contributed by atoms with van der Waals surface area (Å²) >= 11 is 0. The SMILES string of the molecule is C=CC=N/C(C=C)=C(C=C)/C=C\C. The van der Waals surface area contributed by atoms with Gasteiger partial charge in [-0.05, 0) is 18.6 Å². The molecule has 0 spiro atoms. The van der Waals surface area contributed by atoms with Crippen molar-refractivity contribution in [3.8, 4) is 0 Å². The molecule has 1 nitrogen and oxygen atoms in total. The van der Waals surface area contributed by atoms with Gasteiger partial charge in [0, 0.05) is 6.21 Å². The lowest BCUT2D eigenvalue weighted by molar-refractivity contribution is 1.38. The maximum Gasteiger partial charge on any atom is 0.0695 e. The van der Waals surface area contributed by atoms with Crippen LogP contribution in [-0.2, 0) is 0 Å². The van der Waals surface area contributed by atoms with Gasteiger partial charge in [-0.1, -0.05) is 44.0 Å². The van der Waals surface area contributed by atoms with Gasteiger partial charge in [0.1, 0.15) is 0 Å². The van der Waals surface area contributed by atoms with Crippen molar-refractivity contribution in [2.45, 2.75) is 6.92 Å². The van der Waals surface area contributed by atoms with Crippen LogP contribution in [0.2, 0.25) is 0 Å². The maximum atomic E-state index is 4.15. The number of nitrogens with zero attached hydrogens (tertiary/aromatic N) is 1. The zero-order valence-corrected chi connectivity index (χ0v) is 8.03. The Hall–Kier alpha value is -1.63. The summed E-state index contributed by atoms with van der Waals surface area (Å²) < 4.78 is 0. The Morgan fingerprint density at radius 1 is 1.15 bits per heavy atom. The van der Waals surface area contributed by atoms with E-state index in [-0.39, 0.29) is 0 Å². The van der Waals surface area contributed by atoms with Crippen LogP contribution in [0.3, 0.4) is 0 Å². The lowest BCUT2D eigenvalue weighted by Gasteiger charge is -1.97. The van der Waals surface area contributed by atoms with Crippen molar-refractivity contribution in [1.82, 2.24) is 0 Å². The second-order valence-electron chi connectivity index (χ2n) is 2.26. The Bertz CT molecular complexity index is 277. The largest absolute Gasteiger partial charge is 0.256 e. The van der Waals surface area contributed by atoms with Gasteiger partial charge in [0.2, 0.25) is 0 Å². The quantitative estimate of drug-likeness (QED) is 0.446. The van der Waals surface area contributed by atoms with E-state index < -0.39 is 0 Å². The number of hydrogen-bond donors (Lipinski definition) is 0. The van der Waals surface area contributed by atoms with Gasteiger partial charge in [-0.25, -0.2) is 0 Å². The summed E-state index contributed by atoms with van der Waals surface area (Å²) in [5, 5.41) is 0. The first kappa shape index (κ1) is 11.4. The summed E-state index contributed by atoms with van der Waals surface area (Å²) in [4.78, 5) is 4.15. The van der Waals surface area contributed by atoms with Crippen molar-refractivity contribution in [3.63, 3.8) is 0 Å². The van der Waals surface area contributed by atoms with Gasteiger partial charge in [0.25, 0.3) is 0 Å². The van der Waals surface area contributed by atoms with E-state index in [1.165, 1.54) is 0 Å². The minimum Gasteiger partial charge on any atom is -0.256 e. The van der Waals surface area contributed by atoms with E-state index in [0.717, 1.165) is 11.3 Å². The van der Waals surface area contributed by atoms with Gasteiger partial charge < -0.3 is 0 Å². The van der Waals surface area contributed by atoms with Gasteiger partial charge in [-0.15, -0.1) is 0 Å². The standard InChI is InChI=1S/C12H15N/c1-5-9-11(7-3)12(8-4)13-10-6-2/h5-10H,2-4H2,1H3/b9-5-,12-11+,13-10?. The number of allylic oxidation sites excluding steroid dienone is 6. The number of rotatable bonds is 5. The predicted molar refractivity (Wildman–Crippen MR) is 60.9 cm³/mol. The zero-order valence-electron chi connectivity index (χ0n) is 8.03. The molecule has 0 aliphatic rings. The molecule has 0 aromatic rings. The van der Waals surface area contributed by atoms with Crippen molar-refractivity contribution in [2.24, 2.45) is 4.99 Å². The van der Waals surface area contributed by atoms with Crippen molar-refractivity contribution >= 4 is 6.21 Å². The minimum atomic E-state index is 0.799. The molecule has 0 bridgehead atoms. The fourth-order valence-electron chi connectivity index (χ4n) is 0.816.